The first-order valence-electron chi connectivity index (χ1n) is 5.78. The van der Waals surface area contributed by atoms with E-state index in [0.717, 1.165) is 0 Å². The van der Waals surface area contributed by atoms with Crippen molar-refractivity contribution in [2.24, 2.45) is 0 Å². The Hall–Kier alpha value is -2.04. The van der Waals surface area contributed by atoms with Gasteiger partial charge in [-0.3, -0.25) is 9.59 Å². The van der Waals surface area contributed by atoms with Gasteiger partial charge in [0.2, 0.25) is 5.91 Å². The first kappa shape index (κ1) is 14.0. The van der Waals surface area contributed by atoms with Crippen molar-refractivity contribution in [2.75, 3.05) is 18.5 Å². The second-order valence-corrected chi connectivity index (χ2v) is 3.56. The highest BCUT2D eigenvalue weighted by atomic mass is 16.5. The second-order valence-electron chi connectivity index (χ2n) is 3.56. The Labute approximate surface area is 106 Å². The number of carbonyl (C=O) groups excluding carboxylic acids is 2. The third-order valence-electron chi connectivity index (χ3n) is 2.13. The van der Waals surface area contributed by atoms with Crippen LogP contribution in [0.4, 0.5) is 5.69 Å². The highest BCUT2D eigenvalue weighted by Gasteiger charge is 2.14. The SMILES string of the molecule is CCOc1cc(C=O)cc(OCC)c1NC(C)=O. The Morgan fingerprint density at radius 2 is 1.72 bits per heavy atom. The molecule has 5 heteroatoms. The Kier molecular flexibility index (Phi) is 5.17. The van der Waals surface area contributed by atoms with Crippen LogP contribution in [0.3, 0.4) is 0 Å². The Balaban J connectivity index is 3.28. The third kappa shape index (κ3) is 3.48. The lowest BCUT2D eigenvalue weighted by Gasteiger charge is -2.16. The van der Waals surface area contributed by atoms with Crippen LogP contribution in [0.15, 0.2) is 12.1 Å². The molecule has 0 atom stereocenters. The van der Waals surface area contributed by atoms with E-state index in [4.69, 9.17) is 9.47 Å². The summed E-state index contributed by atoms with van der Waals surface area (Å²) in [6.45, 7) is 5.91. The number of aldehydes is 1. The summed E-state index contributed by atoms with van der Waals surface area (Å²) in [5.41, 5.74) is 0.896. The number of rotatable bonds is 6. The quantitative estimate of drug-likeness (QED) is 0.787. The van der Waals surface area contributed by atoms with Gasteiger partial charge in [-0.25, -0.2) is 0 Å². The zero-order valence-electron chi connectivity index (χ0n) is 10.8. The van der Waals surface area contributed by atoms with Crippen LogP contribution in [0.25, 0.3) is 0 Å². The summed E-state index contributed by atoms with van der Waals surface area (Å²) in [7, 11) is 0. The van der Waals surface area contributed by atoms with Gasteiger partial charge >= 0.3 is 0 Å². The predicted molar refractivity (Wildman–Crippen MR) is 68.5 cm³/mol. The molecule has 1 N–H and O–H groups in total. The lowest BCUT2D eigenvalue weighted by atomic mass is 10.1. The highest BCUT2D eigenvalue weighted by molar-refractivity contribution is 5.94. The molecular weight excluding hydrogens is 234 g/mol. The summed E-state index contributed by atoms with van der Waals surface area (Å²) in [6.07, 6.45) is 0.711. The Bertz CT molecular complexity index is 416. The number of nitrogens with one attached hydrogen (secondary N) is 1. The largest absolute Gasteiger partial charge is 0.492 e. The normalized spacial score (nSPS) is 9.72. The number of benzene rings is 1. The van der Waals surface area contributed by atoms with Crippen molar-refractivity contribution >= 4 is 17.9 Å². The molecular formula is C13H17NO4. The lowest BCUT2D eigenvalue weighted by Crippen LogP contribution is -2.10. The van der Waals surface area contributed by atoms with Gasteiger partial charge in [-0.2, -0.15) is 0 Å². The van der Waals surface area contributed by atoms with Crippen LogP contribution in [0.5, 0.6) is 11.5 Å². The van der Waals surface area contributed by atoms with Crippen molar-refractivity contribution in [3.63, 3.8) is 0 Å². The fourth-order valence-electron chi connectivity index (χ4n) is 1.52. The summed E-state index contributed by atoms with van der Waals surface area (Å²) >= 11 is 0. The number of hydrogen-bond donors (Lipinski definition) is 1. The molecule has 0 radical (unpaired) electrons. The maximum Gasteiger partial charge on any atom is 0.221 e. The number of anilines is 1. The Morgan fingerprint density at radius 1 is 1.22 bits per heavy atom. The van der Waals surface area contributed by atoms with E-state index in [2.05, 4.69) is 5.32 Å². The summed E-state index contributed by atoms with van der Waals surface area (Å²) in [6, 6.07) is 3.15. The molecule has 0 aromatic heterocycles. The van der Waals surface area contributed by atoms with Crippen LogP contribution in [0.1, 0.15) is 31.1 Å². The van der Waals surface area contributed by atoms with Crippen molar-refractivity contribution in [2.45, 2.75) is 20.8 Å². The molecule has 1 rings (SSSR count). The molecule has 1 aromatic carbocycles. The average Bonchev–Trinajstić information content (AvgIpc) is 2.33. The summed E-state index contributed by atoms with van der Waals surface area (Å²) in [4.78, 5) is 22.0. The fourth-order valence-corrected chi connectivity index (χ4v) is 1.52. The molecule has 0 saturated heterocycles. The average molecular weight is 251 g/mol. The van der Waals surface area contributed by atoms with Crippen molar-refractivity contribution in [3.05, 3.63) is 17.7 Å². The molecule has 0 unspecified atom stereocenters. The minimum absolute atomic E-state index is 0.226. The minimum Gasteiger partial charge on any atom is -0.492 e. The molecule has 0 aliphatic carbocycles. The number of hydrogen-bond acceptors (Lipinski definition) is 4. The molecule has 0 heterocycles. The second kappa shape index (κ2) is 6.64. The van der Waals surface area contributed by atoms with Crippen molar-refractivity contribution in [1.29, 1.82) is 0 Å². The van der Waals surface area contributed by atoms with Gasteiger partial charge in [-0.1, -0.05) is 0 Å². The first-order valence-corrected chi connectivity index (χ1v) is 5.78. The van der Waals surface area contributed by atoms with Crippen molar-refractivity contribution in [3.8, 4) is 11.5 Å². The smallest absolute Gasteiger partial charge is 0.221 e. The molecule has 0 spiro atoms. The number of ether oxygens (including phenoxy) is 2. The maximum absolute atomic E-state index is 11.2. The molecule has 5 nitrogen and oxygen atoms in total. The van der Waals surface area contributed by atoms with Gasteiger partial charge in [-0.15, -0.1) is 0 Å². The van der Waals surface area contributed by atoms with Crippen LogP contribution >= 0.6 is 0 Å². The fraction of sp³-hybridized carbons (Fsp3) is 0.385. The van der Waals surface area contributed by atoms with Gasteiger partial charge in [0.1, 0.15) is 23.5 Å². The molecule has 0 aliphatic rings. The molecule has 1 aromatic rings. The van der Waals surface area contributed by atoms with Crippen molar-refractivity contribution < 1.29 is 19.1 Å². The van der Waals surface area contributed by atoms with Gasteiger partial charge in [0, 0.05) is 12.5 Å². The van der Waals surface area contributed by atoms with E-state index >= 15 is 0 Å². The first-order chi connectivity index (χ1) is 8.62. The third-order valence-corrected chi connectivity index (χ3v) is 2.13. The Morgan fingerprint density at radius 3 is 2.06 bits per heavy atom. The predicted octanol–water partition coefficient (Wildman–Crippen LogP) is 2.25. The van der Waals surface area contributed by atoms with Gasteiger partial charge in [0.05, 0.1) is 13.2 Å². The van der Waals surface area contributed by atoms with E-state index in [-0.39, 0.29) is 5.91 Å². The standard InChI is InChI=1S/C13H17NO4/c1-4-17-11-6-10(8-15)7-12(18-5-2)13(11)14-9(3)16/h6-8H,4-5H2,1-3H3,(H,14,16). The molecule has 1 amide bonds. The van der Waals surface area contributed by atoms with Crippen LogP contribution in [-0.4, -0.2) is 25.4 Å². The van der Waals surface area contributed by atoms with Crippen LogP contribution in [0, 0.1) is 0 Å². The van der Waals surface area contributed by atoms with E-state index in [0.29, 0.717) is 42.2 Å². The zero-order valence-corrected chi connectivity index (χ0v) is 10.8. The van der Waals surface area contributed by atoms with E-state index in [1.165, 1.54) is 6.92 Å². The monoisotopic (exact) mass is 251 g/mol. The number of amides is 1. The summed E-state index contributed by atoms with van der Waals surface area (Å²) in [5.74, 6) is 0.636. The maximum atomic E-state index is 11.2. The lowest BCUT2D eigenvalue weighted by molar-refractivity contribution is -0.114. The van der Waals surface area contributed by atoms with E-state index in [1.54, 1.807) is 12.1 Å². The van der Waals surface area contributed by atoms with Gasteiger partial charge in [-0.05, 0) is 26.0 Å². The molecule has 18 heavy (non-hydrogen) atoms. The molecule has 0 fully saturated rings. The number of carbonyl (C=O) groups is 2. The van der Waals surface area contributed by atoms with E-state index in [9.17, 15) is 9.59 Å². The van der Waals surface area contributed by atoms with Crippen molar-refractivity contribution in [1.82, 2.24) is 0 Å². The van der Waals surface area contributed by atoms with Gasteiger partial charge in [0.25, 0.3) is 0 Å². The van der Waals surface area contributed by atoms with Crippen LogP contribution in [-0.2, 0) is 4.79 Å². The molecule has 0 bridgehead atoms. The van der Waals surface area contributed by atoms with Gasteiger partial charge in [0.15, 0.2) is 0 Å². The summed E-state index contributed by atoms with van der Waals surface area (Å²) < 4.78 is 10.8. The van der Waals surface area contributed by atoms with Gasteiger partial charge < -0.3 is 14.8 Å². The minimum atomic E-state index is -0.226. The molecule has 0 aliphatic heterocycles. The van der Waals surface area contributed by atoms with E-state index < -0.39 is 0 Å². The summed E-state index contributed by atoms with van der Waals surface area (Å²) in [5, 5.41) is 2.66. The van der Waals surface area contributed by atoms with Crippen LogP contribution in [0.2, 0.25) is 0 Å². The topological polar surface area (TPSA) is 64.6 Å². The van der Waals surface area contributed by atoms with Crippen LogP contribution < -0.4 is 14.8 Å². The highest BCUT2D eigenvalue weighted by Crippen LogP contribution is 2.36. The molecule has 0 saturated carbocycles. The molecule has 98 valence electrons. The zero-order chi connectivity index (χ0) is 13.5. The van der Waals surface area contributed by atoms with E-state index in [1.807, 2.05) is 13.8 Å².